The van der Waals surface area contributed by atoms with Crippen molar-refractivity contribution in [2.75, 3.05) is 0 Å². The summed E-state index contributed by atoms with van der Waals surface area (Å²) in [4.78, 5) is 2.31. The molecule has 8 atom stereocenters. The summed E-state index contributed by atoms with van der Waals surface area (Å²) in [5.41, 5.74) is 1.58. The minimum atomic E-state index is -0.181. The zero-order valence-corrected chi connectivity index (χ0v) is 27.4. The van der Waals surface area contributed by atoms with E-state index < -0.39 is 0 Å². The van der Waals surface area contributed by atoms with Crippen LogP contribution in [-0.2, 0) is 0 Å². The topological polar surface area (TPSA) is 0 Å². The van der Waals surface area contributed by atoms with E-state index in [0.717, 1.165) is 14.1 Å². The zero-order valence-electron chi connectivity index (χ0n) is 19.0. The Bertz CT molecular complexity index is 683. The molecule has 0 amide bonds. The molecule has 5 aliphatic heterocycles. The predicted octanol–water partition coefficient (Wildman–Crippen LogP) is 10.1. The van der Waals surface area contributed by atoms with Gasteiger partial charge >= 0.3 is 196 Å². The van der Waals surface area contributed by atoms with Gasteiger partial charge in [-0.1, -0.05) is 0 Å². The van der Waals surface area contributed by atoms with Crippen molar-refractivity contribution >= 4 is 71.5 Å². The molecule has 7 heteroatoms. The Labute approximate surface area is 194 Å². The molecule has 0 N–H and O–H groups in total. The van der Waals surface area contributed by atoms with Gasteiger partial charge in [0.2, 0.25) is 0 Å². The molecule has 0 radical (unpaired) electrons. The molecule has 5 rings (SSSR count). The Morgan fingerprint density at radius 1 is 0.556 bits per heavy atom. The minimum absolute atomic E-state index is 0.000514. The first kappa shape index (κ1) is 23.4. The second kappa shape index (κ2) is 5.63. The van der Waals surface area contributed by atoms with Gasteiger partial charge in [-0.25, -0.2) is 0 Å². The van der Waals surface area contributed by atoms with Crippen molar-refractivity contribution in [2.24, 2.45) is 21.7 Å². The normalized spacial score (nSPS) is 54.0. The molecule has 0 saturated carbocycles. The van der Waals surface area contributed by atoms with E-state index in [1.165, 1.54) is 0 Å². The van der Waals surface area contributed by atoms with Crippen molar-refractivity contribution in [3.05, 3.63) is 0 Å². The van der Waals surface area contributed by atoms with Gasteiger partial charge in [0.25, 0.3) is 0 Å². The van der Waals surface area contributed by atoms with Gasteiger partial charge in [0, 0.05) is 0 Å². The molecule has 5 saturated heterocycles. The molecule has 0 aromatic carbocycles. The van der Waals surface area contributed by atoms with E-state index in [2.05, 4.69) is 114 Å². The van der Waals surface area contributed by atoms with Crippen LogP contribution in [0.15, 0.2) is 0 Å². The van der Waals surface area contributed by atoms with Crippen LogP contribution >= 0.6 is 57.4 Å². The van der Waals surface area contributed by atoms with Gasteiger partial charge in [-0.2, -0.15) is 0 Å². The van der Waals surface area contributed by atoms with E-state index in [4.69, 9.17) is 0 Å². The van der Waals surface area contributed by atoms with Crippen molar-refractivity contribution in [2.45, 2.75) is 103 Å². The predicted molar refractivity (Wildman–Crippen MR) is 140 cm³/mol. The summed E-state index contributed by atoms with van der Waals surface area (Å²) >= 11 is 9.91. The molecular formula is C20H36Br2P4Se. The summed E-state index contributed by atoms with van der Waals surface area (Å²) < 4.78 is 0. The van der Waals surface area contributed by atoms with Gasteiger partial charge in [-0.05, 0) is 0 Å². The third-order valence-electron chi connectivity index (χ3n) is 7.64. The maximum atomic E-state index is 4.64. The Kier molecular flexibility index (Phi) is 4.87. The van der Waals surface area contributed by atoms with Crippen molar-refractivity contribution in [3.63, 3.8) is 0 Å². The van der Waals surface area contributed by atoms with Crippen LogP contribution in [0.1, 0.15) is 83.1 Å². The standard InChI is InChI=1S/C20H36Br2P4Se/c1-13(2,3)17-18(14(4,5)6)23(17)19(15(7,8)9)20(24(17)21,16(10,11)12)25(18)27-26(19)22/h1-12H3. The Hall–Kier alpha value is 3.20. The fraction of sp³-hybridized carbons (Fsp3) is 1.00. The van der Waals surface area contributed by atoms with Crippen LogP contribution in [0.25, 0.3) is 0 Å². The average molecular weight is 639 g/mol. The third-order valence-corrected chi connectivity index (χ3v) is 54.5. The Morgan fingerprint density at radius 3 is 1.22 bits per heavy atom. The van der Waals surface area contributed by atoms with Gasteiger partial charge < -0.3 is 0 Å². The number of hydrogen-bond acceptors (Lipinski definition) is 0. The molecule has 5 heterocycles. The van der Waals surface area contributed by atoms with Gasteiger partial charge in [0.05, 0.1) is 0 Å². The Balaban J connectivity index is 2.19. The molecule has 8 unspecified atom stereocenters. The molecule has 0 nitrogen and oxygen atoms in total. The van der Waals surface area contributed by atoms with Crippen molar-refractivity contribution in [1.29, 1.82) is 0 Å². The molecule has 156 valence electrons. The van der Waals surface area contributed by atoms with E-state index in [9.17, 15) is 0 Å². The second-order valence-electron chi connectivity index (χ2n) is 12.9. The van der Waals surface area contributed by atoms with Crippen molar-refractivity contribution in [3.8, 4) is 0 Å². The van der Waals surface area contributed by atoms with Crippen LogP contribution in [0.2, 0.25) is 0 Å². The van der Waals surface area contributed by atoms with Crippen molar-refractivity contribution < 1.29 is 0 Å². The van der Waals surface area contributed by atoms with Crippen LogP contribution < -0.4 is 0 Å². The maximum absolute atomic E-state index is 4.64. The number of hydrogen-bond donors (Lipinski definition) is 0. The molecule has 0 spiro atoms. The first-order valence-corrected chi connectivity index (χ1v) is 23.8. The van der Waals surface area contributed by atoms with E-state index in [1.807, 2.05) is 0 Å². The third kappa shape index (κ3) is 1.88. The first-order valence-electron chi connectivity index (χ1n) is 9.99. The summed E-state index contributed by atoms with van der Waals surface area (Å²) in [7, 11) is 0.000514. The van der Waals surface area contributed by atoms with E-state index in [0.29, 0.717) is 41.2 Å². The first-order chi connectivity index (χ1) is 11.8. The van der Waals surface area contributed by atoms with E-state index in [1.54, 1.807) is 0 Å². The Morgan fingerprint density at radius 2 is 0.926 bits per heavy atom. The number of rotatable bonds is 0. The molecule has 5 fully saturated rings. The molecule has 27 heavy (non-hydrogen) atoms. The second-order valence-corrected chi connectivity index (χ2v) is 37.8. The van der Waals surface area contributed by atoms with Gasteiger partial charge in [0.1, 0.15) is 0 Å². The summed E-state index contributed by atoms with van der Waals surface area (Å²) in [5, 5.41) is -0.0251. The summed E-state index contributed by atoms with van der Waals surface area (Å²) in [6, 6.07) is 0. The monoisotopic (exact) mass is 638 g/mol. The quantitative estimate of drug-likeness (QED) is 0.183. The fourth-order valence-electron chi connectivity index (χ4n) is 7.25. The average Bonchev–Trinajstić information content (AvgIpc) is 2.60. The molecular weight excluding hydrogens is 603 g/mol. The van der Waals surface area contributed by atoms with Crippen molar-refractivity contribution in [1.82, 2.24) is 0 Å². The van der Waals surface area contributed by atoms with Crippen LogP contribution in [0, 0.1) is 21.7 Å². The van der Waals surface area contributed by atoms with Crippen LogP contribution in [0.3, 0.4) is 0 Å². The molecule has 5 aliphatic rings. The van der Waals surface area contributed by atoms with E-state index >= 15 is 0 Å². The summed E-state index contributed by atoms with van der Waals surface area (Å²) in [5.74, 6) is 0. The fourth-order valence-corrected chi connectivity index (χ4v) is 85.3. The van der Waals surface area contributed by atoms with Gasteiger partial charge in [-0.15, -0.1) is 0 Å². The van der Waals surface area contributed by atoms with Crippen LogP contribution in [0.5, 0.6) is 0 Å². The zero-order chi connectivity index (χ0) is 21.0. The van der Waals surface area contributed by atoms with Gasteiger partial charge in [-0.3, -0.25) is 0 Å². The van der Waals surface area contributed by atoms with Crippen LogP contribution in [-0.4, -0.2) is 33.7 Å². The summed E-state index contributed by atoms with van der Waals surface area (Å²) in [6.45, 7) is 31.3. The van der Waals surface area contributed by atoms with E-state index in [-0.39, 0.29) is 26.5 Å². The summed E-state index contributed by atoms with van der Waals surface area (Å²) in [6.07, 6.45) is 0. The molecule has 0 aromatic rings. The SMILES string of the molecule is CC(C)(C)C12P(Br)C3(C(C)(C)C)P4C1(C(C)(C)C)P(Br)[Se]P2C43C(C)(C)C. The number of halogens is 2. The molecule has 0 aromatic heterocycles. The molecule has 6 bridgehead atoms. The van der Waals surface area contributed by atoms with Crippen LogP contribution in [0.4, 0.5) is 0 Å². The molecule has 0 aliphatic carbocycles. The van der Waals surface area contributed by atoms with Gasteiger partial charge in [0.15, 0.2) is 0 Å².